The largest absolute Gasteiger partial charge is 0.370 e. The fourth-order valence-corrected chi connectivity index (χ4v) is 2.65. The number of anilines is 1. The van der Waals surface area contributed by atoms with Gasteiger partial charge in [0.15, 0.2) is 5.96 Å². The Hall–Kier alpha value is -2.33. The SMILES string of the molecule is CC(C)c1cccc(NC(N)=NCc2ccccc2CN(C)C(C)C)c1. The van der Waals surface area contributed by atoms with E-state index in [0.29, 0.717) is 24.5 Å². The van der Waals surface area contributed by atoms with E-state index in [-0.39, 0.29) is 0 Å². The molecular weight excluding hydrogens is 320 g/mol. The third-order valence-corrected chi connectivity index (χ3v) is 4.67. The topological polar surface area (TPSA) is 53.6 Å². The van der Waals surface area contributed by atoms with Crippen LogP contribution in [-0.2, 0) is 13.1 Å². The number of nitrogens with two attached hydrogens (primary N) is 1. The van der Waals surface area contributed by atoms with Crippen LogP contribution in [0, 0.1) is 0 Å². The van der Waals surface area contributed by atoms with Crippen molar-refractivity contribution in [2.45, 2.75) is 52.7 Å². The molecule has 0 bridgehead atoms. The van der Waals surface area contributed by atoms with Crippen LogP contribution in [0.25, 0.3) is 0 Å². The van der Waals surface area contributed by atoms with Crippen LogP contribution in [0.3, 0.4) is 0 Å². The highest BCUT2D eigenvalue weighted by atomic mass is 15.1. The van der Waals surface area contributed by atoms with Crippen LogP contribution in [-0.4, -0.2) is 23.9 Å². The van der Waals surface area contributed by atoms with Crippen molar-refractivity contribution in [1.82, 2.24) is 4.90 Å². The highest BCUT2D eigenvalue weighted by Crippen LogP contribution is 2.18. The van der Waals surface area contributed by atoms with Crippen molar-refractivity contribution in [1.29, 1.82) is 0 Å². The van der Waals surface area contributed by atoms with Gasteiger partial charge in [-0.05, 0) is 55.6 Å². The minimum atomic E-state index is 0.443. The zero-order chi connectivity index (χ0) is 19.1. The molecule has 2 aromatic rings. The predicted octanol–water partition coefficient (Wildman–Crippen LogP) is 4.58. The maximum Gasteiger partial charge on any atom is 0.193 e. The van der Waals surface area contributed by atoms with E-state index in [1.54, 1.807) is 0 Å². The molecule has 2 aromatic carbocycles. The van der Waals surface area contributed by atoms with Crippen molar-refractivity contribution in [3.63, 3.8) is 0 Å². The summed E-state index contributed by atoms with van der Waals surface area (Å²) < 4.78 is 0. The third kappa shape index (κ3) is 5.88. The summed E-state index contributed by atoms with van der Waals surface area (Å²) in [5.41, 5.74) is 10.9. The molecule has 0 spiro atoms. The summed E-state index contributed by atoms with van der Waals surface area (Å²) in [5, 5.41) is 3.20. The standard InChI is InChI=1S/C22H32N4/c1-16(2)18-11-8-12-21(13-18)25-22(23)24-14-19-9-6-7-10-20(19)15-26(5)17(3)4/h6-13,16-17H,14-15H2,1-5H3,(H3,23,24,25). The molecule has 3 N–H and O–H groups in total. The van der Waals surface area contributed by atoms with Gasteiger partial charge in [0.25, 0.3) is 0 Å². The monoisotopic (exact) mass is 352 g/mol. The molecule has 0 radical (unpaired) electrons. The molecule has 0 aromatic heterocycles. The lowest BCUT2D eigenvalue weighted by Crippen LogP contribution is -2.26. The van der Waals surface area contributed by atoms with Gasteiger partial charge in [-0.1, -0.05) is 50.2 Å². The molecule has 0 saturated heterocycles. The molecule has 4 heteroatoms. The quantitative estimate of drug-likeness (QED) is 0.566. The van der Waals surface area contributed by atoms with Crippen LogP contribution < -0.4 is 11.1 Å². The van der Waals surface area contributed by atoms with Crippen molar-refractivity contribution in [3.05, 3.63) is 65.2 Å². The Morgan fingerprint density at radius 1 is 1.04 bits per heavy atom. The van der Waals surface area contributed by atoms with E-state index in [2.05, 4.69) is 86.3 Å². The van der Waals surface area contributed by atoms with Gasteiger partial charge in [-0.15, -0.1) is 0 Å². The lowest BCUT2D eigenvalue weighted by Gasteiger charge is -2.22. The second-order valence-corrected chi connectivity index (χ2v) is 7.38. The number of guanidine groups is 1. The van der Waals surface area contributed by atoms with Crippen LogP contribution in [0.1, 0.15) is 50.3 Å². The van der Waals surface area contributed by atoms with Crippen LogP contribution in [0.4, 0.5) is 5.69 Å². The first-order chi connectivity index (χ1) is 12.4. The first kappa shape index (κ1) is 20.0. The Morgan fingerprint density at radius 3 is 2.38 bits per heavy atom. The summed E-state index contributed by atoms with van der Waals surface area (Å²) in [5.74, 6) is 0.928. The Labute approximate surface area is 158 Å². The zero-order valence-corrected chi connectivity index (χ0v) is 16.7. The lowest BCUT2D eigenvalue weighted by atomic mass is 10.0. The van der Waals surface area contributed by atoms with Gasteiger partial charge in [-0.2, -0.15) is 0 Å². The predicted molar refractivity (Wildman–Crippen MR) is 113 cm³/mol. The number of hydrogen-bond donors (Lipinski definition) is 2. The molecule has 4 nitrogen and oxygen atoms in total. The van der Waals surface area contributed by atoms with Crippen LogP contribution in [0.15, 0.2) is 53.5 Å². The summed E-state index contributed by atoms with van der Waals surface area (Å²) in [7, 11) is 2.14. The molecule has 0 aliphatic rings. The molecule has 0 unspecified atom stereocenters. The number of benzene rings is 2. The van der Waals surface area contributed by atoms with Crippen LogP contribution in [0.2, 0.25) is 0 Å². The Bertz CT molecular complexity index is 734. The van der Waals surface area contributed by atoms with Gasteiger partial charge in [0.05, 0.1) is 6.54 Å². The summed E-state index contributed by atoms with van der Waals surface area (Å²) in [6.45, 7) is 10.3. The molecule has 140 valence electrons. The molecular formula is C22H32N4. The first-order valence-electron chi connectivity index (χ1n) is 9.30. The lowest BCUT2D eigenvalue weighted by molar-refractivity contribution is 0.265. The maximum atomic E-state index is 6.11. The summed E-state index contributed by atoms with van der Waals surface area (Å²) >= 11 is 0. The third-order valence-electron chi connectivity index (χ3n) is 4.67. The van der Waals surface area contributed by atoms with Crippen LogP contribution in [0.5, 0.6) is 0 Å². The fraction of sp³-hybridized carbons (Fsp3) is 0.409. The van der Waals surface area contributed by atoms with Crippen molar-refractivity contribution < 1.29 is 0 Å². The molecule has 0 saturated carbocycles. The normalized spacial score (nSPS) is 12.2. The van der Waals surface area contributed by atoms with Gasteiger partial charge in [-0.3, -0.25) is 4.90 Å². The number of aliphatic imine (C=N–C) groups is 1. The van der Waals surface area contributed by atoms with E-state index in [4.69, 9.17) is 5.73 Å². The van der Waals surface area contributed by atoms with E-state index in [9.17, 15) is 0 Å². The van der Waals surface area contributed by atoms with Crippen molar-refractivity contribution in [2.24, 2.45) is 10.7 Å². The van der Waals surface area contributed by atoms with Gasteiger partial charge in [0, 0.05) is 18.3 Å². The maximum absolute atomic E-state index is 6.11. The van der Waals surface area contributed by atoms with Gasteiger partial charge in [0.1, 0.15) is 0 Å². The number of rotatable bonds is 7. The van der Waals surface area contributed by atoms with Gasteiger partial charge >= 0.3 is 0 Å². The molecule has 0 atom stereocenters. The molecule has 0 fully saturated rings. The van der Waals surface area contributed by atoms with Crippen molar-refractivity contribution in [3.8, 4) is 0 Å². The Morgan fingerprint density at radius 2 is 1.73 bits per heavy atom. The zero-order valence-electron chi connectivity index (χ0n) is 16.7. The van der Waals surface area contributed by atoms with Crippen LogP contribution >= 0.6 is 0 Å². The van der Waals surface area contributed by atoms with Gasteiger partial charge in [0.2, 0.25) is 0 Å². The van der Waals surface area contributed by atoms with Gasteiger partial charge in [-0.25, -0.2) is 4.99 Å². The van der Waals surface area contributed by atoms with Crippen molar-refractivity contribution in [2.75, 3.05) is 12.4 Å². The smallest absolute Gasteiger partial charge is 0.193 e. The van der Waals surface area contributed by atoms with E-state index in [1.165, 1.54) is 16.7 Å². The molecule has 26 heavy (non-hydrogen) atoms. The summed E-state index contributed by atoms with van der Waals surface area (Å²) in [6.07, 6.45) is 0. The molecule has 2 rings (SSSR count). The molecule has 0 aliphatic carbocycles. The minimum Gasteiger partial charge on any atom is -0.370 e. The molecule has 0 aliphatic heterocycles. The van der Waals surface area contributed by atoms with E-state index < -0.39 is 0 Å². The Kier molecular flexibility index (Phi) is 7.22. The number of hydrogen-bond acceptors (Lipinski definition) is 2. The second-order valence-electron chi connectivity index (χ2n) is 7.38. The fourth-order valence-electron chi connectivity index (χ4n) is 2.65. The highest BCUT2D eigenvalue weighted by molar-refractivity contribution is 5.92. The van der Waals surface area contributed by atoms with E-state index in [1.807, 2.05) is 12.1 Å². The highest BCUT2D eigenvalue weighted by Gasteiger charge is 2.08. The second kappa shape index (κ2) is 9.39. The molecule has 0 heterocycles. The number of nitrogens with zero attached hydrogens (tertiary/aromatic N) is 2. The summed E-state index contributed by atoms with van der Waals surface area (Å²) in [4.78, 5) is 6.86. The number of nitrogens with one attached hydrogen (secondary N) is 1. The molecule has 0 amide bonds. The van der Waals surface area contributed by atoms with Gasteiger partial charge < -0.3 is 11.1 Å². The Balaban J connectivity index is 2.06. The average molecular weight is 353 g/mol. The minimum absolute atomic E-state index is 0.443. The van der Waals surface area contributed by atoms with Crippen molar-refractivity contribution >= 4 is 11.6 Å². The van der Waals surface area contributed by atoms with E-state index >= 15 is 0 Å². The average Bonchev–Trinajstić information content (AvgIpc) is 2.61. The summed E-state index contributed by atoms with van der Waals surface area (Å²) in [6, 6.07) is 17.2. The van der Waals surface area contributed by atoms with E-state index in [0.717, 1.165) is 12.2 Å². The first-order valence-corrected chi connectivity index (χ1v) is 9.30.